The molecule has 2 rings (SSSR count). The van der Waals surface area contributed by atoms with Gasteiger partial charge in [-0.1, -0.05) is 23.7 Å². The Morgan fingerprint density at radius 2 is 1.81 bits per heavy atom. The molecule has 0 aliphatic carbocycles. The highest BCUT2D eigenvalue weighted by Crippen LogP contribution is 2.18. The van der Waals surface area contributed by atoms with Crippen LogP contribution in [0.1, 0.15) is 15.9 Å². The van der Waals surface area contributed by atoms with Gasteiger partial charge >= 0.3 is 5.97 Å². The average molecular weight is 308 g/mol. The Labute approximate surface area is 125 Å². The molecule has 0 saturated carbocycles. The molecule has 0 unspecified atom stereocenters. The molecule has 21 heavy (non-hydrogen) atoms. The van der Waals surface area contributed by atoms with Gasteiger partial charge in [-0.05, 0) is 35.9 Å². The van der Waals surface area contributed by atoms with Gasteiger partial charge in [0.25, 0.3) is 0 Å². The molecule has 0 saturated heterocycles. The van der Waals surface area contributed by atoms with Crippen molar-refractivity contribution >= 4 is 29.2 Å². The first-order valence-corrected chi connectivity index (χ1v) is 6.40. The number of carbonyl (C=O) groups is 2. The molecule has 2 aromatic rings. The van der Waals surface area contributed by atoms with Crippen LogP contribution in [0.4, 0.5) is 10.1 Å². The standard InChI is InChI=1S/C15H11ClFNO3/c16-10-3-1-9(2-4-10)7-14(19)18-13-8-11(17)5-6-12(13)15(20)21/h1-6,8H,7H2,(H,18,19)(H,20,21). The van der Waals surface area contributed by atoms with Crippen LogP contribution in [0.25, 0.3) is 0 Å². The highest BCUT2D eigenvalue weighted by Gasteiger charge is 2.13. The molecule has 0 aliphatic rings. The fourth-order valence-corrected chi connectivity index (χ4v) is 1.91. The Kier molecular flexibility index (Phi) is 4.55. The molecule has 0 fully saturated rings. The number of rotatable bonds is 4. The number of anilines is 1. The van der Waals surface area contributed by atoms with Crippen LogP contribution in [-0.2, 0) is 11.2 Å². The monoisotopic (exact) mass is 307 g/mol. The van der Waals surface area contributed by atoms with E-state index in [-0.39, 0.29) is 17.7 Å². The van der Waals surface area contributed by atoms with Gasteiger partial charge in [0, 0.05) is 5.02 Å². The predicted molar refractivity (Wildman–Crippen MR) is 77.1 cm³/mol. The van der Waals surface area contributed by atoms with E-state index in [4.69, 9.17) is 16.7 Å². The van der Waals surface area contributed by atoms with Crippen LogP contribution < -0.4 is 5.32 Å². The van der Waals surface area contributed by atoms with Gasteiger partial charge in [-0.25, -0.2) is 9.18 Å². The third-order valence-electron chi connectivity index (χ3n) is 2.76. The Balaban J connectivity index is 2.14. The lowest BCUT2D eigenvalue weighted by Gasteiger charge is -2.08. The SMILES string of the molecule is O=C(Cc1ccc(Cl)cc1)Nc1cc(F)ccc1C(=O)O. The molecule has 6 heteroatoms. The lowest BCUT2D eigenvalue weighted by Crippen LogP contribution is -2.17. The van der Waals surface area contributed by atoms with Gasteiger partial charge in [-0.2, -0.15) is 0 Å². The summed E-state index contributed by atoms with van der Waals surface area (Å²) in [6.07, 6.45) is 0.0345. The lowest BCUT2D eigenvalue weighted by molar-refractivity contribution is -0.115. The Morgan fingerprint density at radius 1 is 1.14 bits per heavy atom. The molecular weight excluding hydrogens is 297 g/mol. The quantitative estimate of drug-likeness (QED) is 0.910. The van der Waals surface area contributed by atoms with E-state index in [1.165, 1.54) is 0 Å². The zero-order chi connectivity index (χ0) is 15.4. The zero-order valence-corrected chi connectivity index (χ0v) is 11.5. The second-order valence-electron chi connectivity index (χ2n) is 4.35. The second-order valence-corrected chi connectivity index (χ2v) is 4.78. The van der Waals surface area contributed by atoms with E-state index >= 15 is 0 Å². The van der Waals surface area contributed by atoms with Crippen molar-refractivity contribution in [2.75, 3.05) is 5.32 Å². The molecule has 0 radical (unpaired) electrons. The Morgan fingerprint density at radius 3 is 2.43 bits per heavy atom. The molecule has 2 aromatic carbocycles. The molecule has 0 atom stereocenters. The first-order valence-electron chi connectivity index (χ1n) is 6.03. The van der Waals surface area contributed by atoms with Crippen molar-refractivity contribution in [1.29, 1.82) is 0 Å². The largest absolute Gasteiger partial charge is 0.478 e. The van der Waals surface area contributed by atoms with Crippen molar-refractivity contribution in [3.63, 3.8) is 0 Å². The second kappa shape index (κ2) is 6.37. The smallest absolute Gasteiger partial charge is 0.337 e. The van der Waals surface area contributed by atoms with Crippen LogP contribution in [0.3, 0.4) is 0 Å². The van der Waals surface area contributed by atoms with Gasteiger partial charge in [0.05, 0.1) is 17.7 Å². The number of nitrogens with one attached hydrogen (secondary N) is 1. The Hall–Kier alpha value is -2.40. The summed E-state index contributed by atoms with van der Waals surface area (Å²) in [5.41, 5.74) is 0.479. The summed E-state index contributed by atoms with van der Waals surface area (Å²) in [5.74, 6) is -2.30. The van der Waals surface area contributed by atoms with Crippen molar-refractivity contribution in [3.05, 3.63) is 64.4 Å². The molecule has 1 amide bonds. The van der Waals surface area contributed by atoms with E-state index in [2.05, 4.69) is 5.32 Å². The van der Waals surface area contributed by atoms with Crippen LogP contribution in [0.15, 0.2) is 42.5 Å². The molecule has 0 heterocycles. The van der Waals surface area contributed by atoms with Crippen LogP contribution in [0.5, 0.6) is 0 Å². The van der Waals surface area contributed by atoms with E-state index in [1.54, 1.807) is 24.3 Å². The third kappa shape index (κ3) is 4.03. The minimum absolute atomic E-state index is 0.0345. The normalized spacial score (nSPS) is 10.2. The number of hydrogen-bond acceptors (Lipinski definition) is 2. The number of carbonyl (C=O) groups excluding carboxylic acids is 1. The van der Waals surface area contributed by atoms with Crippen molar-refractivity contribution < 1.29 is 19.1 Å². The van der Waals surface area contributed by atoms with E-state index in [0.717, 1.165) is 18.2 Å². The predicted octanol–water partition coefficient (Wildman–Crippen LogP) is 3.36. The summed E-state index contributed by atoms with van der Waals surface area (Å²) < 4.78 is 13.2. The van der Waals surface area contributed by atoms with Crippen molar-refractivity contribution in [3.8, 4) is 0 Å². The van der Waals surface area contributed by atoms with Gasteiger partial charge in [0.2, 0.25) is 5.91 Å². The van der Waals surface area contributed by atoms with Gasteiger partial charge < -0.3 is 10.4 Å². The summed E-state index contributed by atoms with van der Waals surface area (Å²) in [5, 5.41) is 12.0. The fourth-order valence-electron chi connectivity index (χ4n) is 1.79. The number of carboxylic acids is 1. The number of hydrogen-bond donors (Lipinski definition) is 2. The fraction of sp³-hybridized carbons (Fsp3) is 0.0667. The number of benzene rings is 2. The minimum atomic E-state index is -1.24. The van der Waals surface area contributed by atoms with Crippen LogP contribution in [-0.4, -0.2) is 17.0 Å². The molecule has 0 bridgehead atoms. The number of carboxylic acid groups (broad SMARTS) is 1. The maximum Gasteiger partial charge on any atom is 0.337 e. The van der Waals surface area contributed by atoms with Crippen LogP contribution in [0.2, 0.25) is 5.02 Å². The summed E-state index contributed by atoms with van der Waals surface area (Å²) >= 11 is 5.74. The highest BCUT2D eigenvalue weighted by atomic mass is 35.5. The topological polar surface area (TPSA) is 66.4 Å². The molecule has 4 nitrogen and oxygen atoms in total. The van der Waals surface area contributed by atoms with Crippen molar-refractivity contribution in [1.82, 2.24) is 0 Å². The average Bonchev–Trinajstić information content (AvgIpc) is 2.41. The van der Waals surface area contributed by atoms with Crippen LogP contribution >= 0.6 is 11.6 Å². The van der Waals surface area contributed by atoms with Gasteiger partial charge in [0.15, 0.2) is 0 Å². The van der Waals surface area contributed by atoms with E-state index in [1.807, 2.05) is 0 Å². The highest BCUT2D eigenvalue weighted by molar-refractivity contribution is 6.30. The lowest BCUT2D eigenvalue weighted by atomic mass is 10.1. The summed E-state index contributed by atoms with van der Waals surface area (Å²) in [4.78, 5) is 22.9. The van der Waals surface area contributed by atoms with Crippen molar-refractivity contribution in [2.24, 2.45) is 0 Å². The molecule has 2 N–H and O–H groups in total. The first-order chi connectivity index (χ1) is 9.95. The first kappa shape index (κ1) is 15.0. The zero-order valence-electron chi connectivity index (χ0n) is 10.8. The molecule has 0 aromatic heterocycles. The van der Waals surface area contributed by atoms with E-state index in [0.29, 0.717) is 10.6 Å². The van der Waals surface area contributed by atoms with Crippen molar-refractivity contribution in [2.45, 2.75) is 6.42 Å². The molecular formula is C15H11ClFNO3. The third-order valence-corrected chi connectivity index (χ3v) is 3.02. The summed E-state index contributed by atoms with van der Waals surface area (Å²) in [6, 6.07) is 9.78. The summed E-state index contributed by atoms with van der Waals surface area (Å²) in [6.45, 7) is 0. The van der Waals surface area contributed by atoms with Gasteiger partial charge in [-0.3, -0.25) is 4.79 Å². The minimum Gasteiger partial charge on any atom is -0.478 e. The molecule has 108 valence electrons. The Bertz CT molecular complexity index is 686. The maximum atomic E-state index is 13.2. The number of aromatic carboxylic acids is 1. The van der Waals surface area contributed by atoms with E-state index in [9.17, 15) is 14.0 Å². The maximum absolute atomic E-state index is 13.2. The number of amides is 1. The van der Waals surface area contributed by atoms with Gasteiger partial charge in [-0.15, -0.1) is 0 Å². The number of halogens is 2. The van der Waals surface area contributed by atoms with Gasteiger partial charge in [0.1, 0.15) is 5.82 Å². The van der Waals surface area contributed by atoms with E-state index < -0.39 is 17.7 Å². The van der Waals surface area contributed by atoms with Crippen LogP contribution in [0, 0.1) is 5.82 Å². The summed E-state index contributed by atoms with van der Waals surface area (Å²) in [7, 11) is 0. The molecule has 0 spiro atoms. The molecule has 0 aliphatic heterocycles.